The van der Waals surface area contributed by atoms with E-state index in [0.717, 1.165) is 37.1 Å². The fourth-order valence-corrected chi connectivity index (χ4v) is 2.59. The van der Waals surface area contributed by atoms with Gasteiger partial charge >= 0.3 is 0 Å². The highest BCUT2D eigenvalue weighted by molar-refractivity contribution is 7.80. The van der Waals surface area contributed by atoms with Crippen LogP contribution in [0.25, 0.3) is 0 Å². The summed E-state index contributed by atoms with van der Waals surface area (Å²) in [5.74, 6) is 0.829. The highest BCUT2D eigenvalue weighted by Gasteiger charge is 2.32. The van der Waals surface area contributed by atoms with Gasteiger partial charge in [-0.15, -0.1) is 0 Å². The first-order valence-electron chi connectivity index (χ1n) is 6.20. The molecule has 0 aliphatic heterocycles. The van der Waals surface area contributed by atoms with E-state index in [0.29, 0.717) is 11.5 Å². The van der Waals surface area contributed by atoms with E-state index in [1.54, 1.807) is 6.20 Å². The molecule has 5 heteroatoms. The summed E-state index contributed by atoms with van der Waals surface area (Å²) in [5, 5.41) is 10.4. The van der Waals surface area contributed by atoms with Crippen molar-refractivity contribution in [1.29, 1.82) is 0 Å². The van der Waals surface area contributed by atoms with Gasteiger partial charge in [0.1, 0.15) is 10.8 Å². The molecule has 1 saturated carbocycles. The first-order chi connectivity index (χ1) is 8.50. The molecule has 1 heterocycles. The zero-order valence-corrected chi connectivity index (χ0v) is 11.4. The van der Waals surface area contributed by atoms with Crippen molar-refractivity contribution in [2.45, 2.75) is 31.3 Å². The molecular weight excluding hydrogens is 246 g/mol. The van der Waals surface area contributed by atoms with Crippen molar-refractivity contribution in [3.63, 3.8) is 0 Å². The largest absolute Gasteiger partial charge is 0.389 e. The summed E-state index contributed by atoms with van der Waals surface area (Å²) in [7, 11) is 1.94. The van der Waals surface area contributed by atoms with Crippen LogP contribution in [0.1, 0.15) is 31.2 Å². The number of anilines is 1. The number of nitrogens with zero attached hydrogens (tertiary/aromatic N) is 2. The zero-order chi connectivity index (χ0) is 13.2. The summed E-state index contributed by atoms with van der Waals surface area (Å²) >= 11 is 4.89. The van der Waals surface area contributed by atoms with Crippen molar-refractivity contribution in [3.05, 3.63) is 23.9 Å². The minimum absolute atomic E-state index is 0.353. The van der Waals surface area contributed by atoms with Crippen LogP contribution in [0.5, 0.6) is 0 Å². The lowest BCUT2D eigenvalue weighted by molar-refractivity contribution is 0.0558. The quantitative estimate of drug-likeness (QED) is 0.807. The smallest absolute Gasteiger partial charge is 0.128 e. The molecule has 1 aromatic rings. The number of aromatic nitrogens is 1. The third kappa shape index (κ3) is 2.97. The normalized spacial score (nSPS) is 17.7. The van der Waals surface area contributed by atoms with Crippen LogP contribution in [-0.4, -0.2) is 34.3 Å². The first kappa shape index (κ1) is 13.2. The highest BCUT2D eigenvalue weighted by atomic mass is 32.1. The van der Waals surface area contributed by atoms with Gasteiger partial charge in [0.05, 0.1) is 5.60 Å². The number of thiocarbonyl (C=S) groups is 1. The second-order valence-corrected chi connectivity index (χ2v) is 5.50. The number of likely N-dealkylation sites (N-methyl/N-ethyl adjacent to an activating group) is 1. The van der Waals surface area contributed by atoms with Gasteiger partial charge < -0.3 is 15.7 Å². The summed E-state index contributed by atoms with van der Waals surface area (Å²) in [5.41, 5.74) is 5.74. The minimum Gasteiger partial charge on any atom is -0.389 e. The molecule has 3 N–H and O–H groups in total. The van der Waals surface area contributed by atoms with E-state index in [9.17, 15) is 5.11 Å². The summed E-state index contributed by atoms with van der Waals surface area (Å²) in [6.45, 7) is 0.617. The van der Waals surface area contributed by atoms with Crippen LogP contribution >= 0.6 is 12.2 Å². The lowest BCUT2D eigenvalue weighted by Gasteiger charge is -2.29. The van der Waals surface area contributed by atoms with E-state index in [2.05, 4.69) is 4.98 Å². The Morgan fingerprint density at radius 1 is 1.50 bits per heavy atom. The molecule has 0 spiro atoms. The first-order valence-corrected chi connectivity index (χ1v) is 6.60. The van der Waals surface area contributed by atoms with E-state index in [1.165, 1.54) is 0 Å². The van der Waals surface area contributed by atoms with Gasteiger partial charge in [0.15, 0.2) is 0 Å². The monoisotopic (exact) mass is 265 g/mol. The second kappa shape index (κ2) is 5.20. The van der Waals surface area contributed by atoms with Crippen LogP contribution in [-0.2, 0) is 0 Å². The van der Waals surface area contributed by atoms with Gasteiger partial charge in [-0.2, -0.15) is 0 Å². The fourth-order valence-electron chi connectivity index (χ4n) is 2.47. The average Bonchev–Trinajstić information content (AvgIpc) is 2.76. The molecule has 0 unspecified atom stereocenters. The zero-order valence-electron chi connectivity index (χ0n) is 10.6. The van der Waals surface area contributed by atoms with Crippen LogP contribution in [0.3, 0.4) is 0 Å². The van der Waals surface area contributed by atoms with E-state index >= 15 is 0 Å². The Morgan fingerprint density at radius 2 is 2.17 bits per heavy atom. The van der Waals surface area contributed by atoms with Gasteiger partial charge in [0.2, 0.25) is 0 Å². The topological polar surface area (TPSA) is 62.4 Å². The summed E-state index contributed by atoms with van der Waals surface area (Å²) in [4.78, 5) is 6.65. The number of aliphatic hydroxyl groups is 1. The van der Waals surface area contributed by atoms with Crippen LogP contribution in [0.4, 0.5) is 5.82 Å². The molecule has 18 heavy (non-hydrogen) atoms. The van der Waals surface area contributed by atoms with E-state index < -0.39 is 5.60 Å². The van der Waals surface area contributed by atoms with Crippen LogP contribution < -0.4 is 10.6 Å². The van der Waals surface area contributed by atoms with Crippen LogP contribution in [0, 0.1) is 0 Å². The van der Waals surface area contributed by atoms with Crippen LogP contribution in [0.15, 0.2) is 18.3 Å². The number of hydrogen-bond donors (Lipinski definition) is 2. The SMILES string of the molecule is CN(CC1(O)CCCC1)c1ccc(C(N)=S)cn1. The number of nitrogens with two attached hydrogens (primary N) is 1. The standard InChI is InChI=1S/C13H19N3OS/c1-16(9-13(17)6-2-3-7-13)11-5-4-10(8-15-11)12(14)18/h4-5,8,17H,2-3,6-7,9H2,1H3,(H2,14,18). The van der Waals surface area contributed by atoms with Gasteiger partial charge in [-0.1, -0.05) is 25.1 Å². The molecular formula is C13H19N3OS. The van der Waals surface area contributed by atoms with Crippen molar-refractivity contribution in [1.82, 2.24) is 4.98 Å². The van der Waals surface area contributed by atoms with Gasteiger partial charge in [-0.05, 0) is 25.0 Å². The average molecular weight is 265 g/mol. The fraction of sp³-hybridized carbons (Fsp3) is 0.538. The third-order valence-electron chi connectivity index (χ3n) is 3.49. The molecule has 0 radical (unpaired) electrons. The Bertz CT molecular complexity index is 426. The Balaban J connectivity index is 2.04. The van der Waals surface area contributed by atoms with Crippen molar-refractivity contribution in [2.75, 3.05) is 18.5 Å². The Hall–Kier alpha value is -1.20. The maximum Gasteiger partial charge on any atom is 0.128 e. The van der Waals surface area contributed by atoms with E-state index in [-0.39, 0.29) is 0 Å². The molecule has 1 aliphatic rings. The maximum atomic E-state index is 10.4. The minimum atomic E-state index is -0.557. The van der Waals surface area contributed by atoms with Crippen molar-refractivity contribution in [2.24, 2.45) is 5.73 Å². The van der Waals surface area contributed by atoms with Crippen LogP contribution in [0.2, 0.25) is 0 Å². The molecule has 1 fully saturated rings. The lowest BCUT2D eigenvalue weighted by atomic mass is 10.0. The molecule has 0 saturated heterocycles. The van der Waals surface area contributed by atoms with E-state index in [1.807, 2.05) is 24.1 Å². The molecule has 1 aromatic heterocycles. The summed E-state index contributed by atoms with van der Waals surface area (Å²) in [6.07, 6.45) is 5.65. The van der Waals surface area contributed by atoms with Crippen molar-refractivity contribution in [3.8, 4) is 0 Å². The van der Waals surface area contributed by atoms with Gasteiger partial charge in [0, 0.05) is 25.4 Å². The predicted molar refractivity (Wildman–Crippen MR) is 76.8 cm³/mol. The highest BCUT2D eigenvalue weighted by Crippen LogP contribution is 2.30. The maximum absolute atomic E-state index is 10.4. The third-order valence-corrected chi connectivity index (χ3v) is 3.72. The molecule has 0 aromatic carbocycles. The molecule has 1 aliphatic carbocycles. The molecule has 2 rings (SSSR count). The predicted octanol–water partition coefficient (Wildman–Crippen LogP) is 1.46. The molecule has 0 bridgehead atoms. The molecule has 0 atom stereocenters. The molecule has 0 amide bonds. The van der Waals surface area contributed by atoms with Crippen molar-refractivity contribution < 1.29 is 5.11 Å². The summed E-state index contributed by atoms with van der Waals surface area (Å²) in [6, 6.07) is 3.74. The molecule has 4 nitrogen and oxygen atoms in total. The number of pyridine rings is 1. The van der Waals surface area contributed by atoms with E-state index in [4.69, 9.17) is 18.0 Å². The van der Waals surface area contributed by atoms with Gasteiger partial charge in [-0.25, -0.2) is 4.98 Å². The number of rotatable bonds is 4. The van der Waals surface area contributed by atoms with Crippen molar-refractivity contribution >= 4 is 23.0 Å². The molecule has 98 valence electrons. The summed E-state index contributed by atoms with van der Waals surface area (Å²) < 4.78 is 0. The Morgan fingerprint density at radius 3 is 2.67 bits per heavy atom. The second-order valence-electron chi connectivity index (χ2n) is 5.06. The van der Waals surface area contributed by atoms with Gasteiger partial charge in [-0.3, -0.25) is 0 Å². The lowest BCUT2D eigenvalue weighted by Crippen LogP contribution is -2.39. The van der Waals surface area contributed by atoms with Gasteiger partial charge in [0.25, 0.3) is 0 Å². The number of hydrogen-bond acceptors (Lipinski definition) is 4. The Kier molecular flexibility index (Phi) is 3.82. The Labute approximate surface area is 113 Å².